The molecule has 3 atom stereocenters. The molecule has 0 saturated heterocycles. The number of nitrogens with zero attached hydrogens (tertiary/aromatic N) is 4. The first-order chi connectivity index (χ1) is 31.0. The Morgan fingerprint density at radius 1 is 0.818 bits per heavy atom. The van der Waals surface area contributed by atoms with Gasteiger partial charge < -0.3 is 74.3 Å². The number of rotatable bonds is 23. The topological polar surface area (TPSA) is 486 Å². The molecule has 2 aromatic heterocycles. The molecule has 1 unspecified atom stereocenters. The number of carboxylic acids is 4. The third-order valence-electron chi connectivity index (χ3n) is 7.74. The molecule has 17 N–H and O–H groups in total. The van der Waals surface area contributed by atoms with Crippen LogP contribution in [0, 0.1) is 0 Å². The Kier molecular flexibility index (Phi) is 24.0. The van der Waals surface area contributed by atoms with Gasteiger partial charge in [-0.1, -0.05) is 0 Å². The molecule has 0 fully saturated rings. The number of aliphatic carboxylic acids is 4. The minimum absolute atomic E-state index is 0.00635. The van der Waals surface area contributed by atoms with Crippen molar-refractivity contribution in [3.8, 4) is 0 Å². The van der Waals surface area contributed by atoms with Gasteiger partial charge in [-0.25, -0.2) is 14.8 Å². The molecule has 358 valence electrons. The van der Waals surface area contributed by atoms with Crippen LogP contribution in [0.15, 0.2) is 40.2 Å². The molecule has 0 saturated carbocycles. The number of nitrogens with two attached hydrogens (primary N) is 3. The van der Waals surface area contributed by atoms with Gasteiger partial charge in [0.2, 0.25) is 29.6 Å². The molecule has 3 rings (SSSR count). The summed E-state index contributed by atoms with van der Waals surface area (Å²) in [5.41, 5.74) is 16.7. The fraction of sp³-hybridized carbons (Fsp3) is 0.378. The molecule has 0 spiro atoms. The average molecular weight is 931 g/mol. The standard InChI is InChI=1S/C33H42N14O11.2C2H4O2/c34-32(35)37-9-1-2-20(29(55)41-14-23(50)42-18(15-48)10-25(52)53)44-24(51)13-39-22(49)8-7-21(31(57)58)45-28(54)16-3-5-17(6-4-16)38-11-19-12-40-27-26(43-19)30(56)47-33(36)46-27;2*1-2(3)4/h3-6,12,15,18,20-21,38H,1-2,7-11,13-14H2,(H,39,49)(H,41,55)(H,42,50)(H,44,51)(H,45,54)(H,52,53)(H,57,58)(H4,34,35,37)(H3,36,40,46,47,56);2*1H3,(H,3,4)/t18?,20-,21-;;/m0../s1. The van der Waals surface area contributed by atoms with E-state index < -0.39 is 103 Å². The first-order valence-corrected chi connectivity index (χ1v) is 19.1. The molecule has 0 radical (unpaired) electrons. The van der Waals surface area contributed by atoms with Gasteiger partial charge in [-0.3, -0.25) is 53.1 Å². The third-order valence-corrected chi connectivity index (χ3v) is 7.74. The lowest BCUT2D eigenvalue weighted by atomic mass is 10.1. The van der Waals surface area contributed by atoms with Gasteiger partial charge in [0.05, 0.1) is 44.0 Å². The van der Waals surface area contributed by atoms with Gasteiger partial charge in [0.1, 0.15) is 18.4 Å². The van der Waals surface area contributed by atoms with Crippen molar-refractivity contribution < 1.29 is 68.4 Å². The number of anilines is 2. The van der Waals surface area contributed by atoms with Gasteiger partial charge in [0.25, 0.3) is 23.4 Å². The number of H-pyrrole nitrogens is 1. The molecule has 5 amide bonds. The largest absolute Gasteiger partial charge is 0.481 e. The predicted octanol–water partition coefficient (Wildman–Crippen LogP) is -4.02. The fourth-order valence-corrected chi connectivity index (χ4v) is 4.92. The SMILES string of the molecule is CC(=O)O.CC(=O)O.NC(N)=NCCC[C@H](NC(=O)CNC(=O)CC[C@H](NC(=O)c1ccc(NCc2cnc3nc(N)[nH]c(=O)c3n2)cc1)C(=O)O)C(=O)NCC(=O)NC(C=O)CC(=O)O. The fourth-order valence-electron chi connectivity index (χ4n) is 4.92. The number of guanidine groups is 1. The first kappa shape index (κ1) is 55.2. The normalized spacial score (nSPS) is 11.4. The minimum Gasteiger partial charge on any atom is -0.481 e. The highest BCUT2D eigenvalue weighted by Crippen LogP contribution is 2.12. The summed E-state index contributed by atoms with van der Waals surface area (Å²) in [4.78, 5) is 145. The lowest BCUT2D eigenvalue weighted by Gasteiger charge is -2.19. The summed E-state index contributed by atoms with van der Waals surface area (Å²) < 4.78 is 0. The van der Waals surface area contributed by atoms with E-state index in [0.29, 0.717) is 11.4 Å². The zero-order valence-electron chi connectivity index (χ0n) is 35.4. The van der Waals surface area contributed by atoms with Crippen molar-refractivity contribution in [2.75, 3.05) is 30.7 Å². The van der Waals surface area contributed by atoms with Crippen molar-refractivity contribution >= 4 is 88.5 Å². The summed E-state index contributed by atoms with van der Waals surface area (Å²) in [5.74, 6) is -8.74. The van der Waals surface area contributed by atoms with Crippen LogP contribution >= 0.6 is 0 Å². The van der Waals surface area contributed by atoms with Crippen molar-refractivity contribution in [3.05, 3.63) is 52.1 Å². The van der Waals surface area contributed by atoms with Crippen molar-refractivity contribution in [1.82, 2.24) is 46.5 Å². The van der Waals surface area contributed by atoms with Crippen LogP contribution in [0.1, 0.15) is 62.0 Å². The molecule has 0 bridgehead atoms. The second-order valence-electron chi connectivity index (χ2n) is 13.3. The number of carboxylic acid groups (broad SMARTS) is 4. The van der Waals surface area contributed by atoms with E-state index >= 15 is 0 Å². The molecule has 1 aromatic carbocycles. The number of amides is 5. The second-order valence-corrected chi connectivity index (χ2v) is 13.3. The van der Waals surface area contributed by atoms with E-state index in [1.165, 1.54) is 18.3 Å². The molecule has 29 heteroatoms. The van der Waals surface area contributed by atoms with Crippen LogP contribution in [0.3, 0.4) is 0 Å². The van der Waals surface area contributed by atoms with E-state index in [-0.39, 0.29) is 67.3 Å². The number of aliphatic imine (C=N–C) groups is 1. The maximum absolute atomic E-state index is 12.8. The Bertz CT molecular complexity index is 2280. The number of carbonyl (C=O) groups is 10. The van der Waals surface area contributed by atoms with Gasteiger partial charge in [-0.05, 0) is 43.5 Å². The highest BCUT2D eigenvalue weighted by atomic mass is 16.4. The van der Waals surface area contributed by atoms with Crippen LogP contribution in [-0.2, 0) is 49.7 Å². The van der Waals surface area contributed by atoms with Crippen LogP contribution in [0.4, 0.5) is 11.6 Å². The van der Waals surface area contributed by atoms with Gasteiger partial charge in [-0.2, -0.15) is 4.98 Å². The Morgan fingerprint density at radius 3 is 2.00 bits per heavy atom. The summed E-state index contributed by atoms with van der Waals surface area (Å²) in [7, 11) is 0. The Morgan fingerprint density at radius 2 is 1.42 bits per heavy atom. The van der Waals surface area contributed by atoms with E-state index in [0.717, 1.165) is 13.8 Å². The number of benzene rings is 1. The number of hydrogen-bond donors (Lipinski definition) is 14. The zero-order chi connectivity index (χ0) is 49.9. The van der Waals surface area contributed by atoms with Crippen molar-refractivity contribution in [2.24, 2.45) is 16.5 Å². The van der Waals surface area contributed by atoms with Crippen LogP contribution in [0.5, 0.6) is 0 Å². The zero-order valence-corrected chi connectivity index (χ0v) is 35.4. The monoisotopic (exact) mass is 930 g/mol. The molecule has 3 aromatic rings. The Hall–Kier alpha value is -8.79. The van der Waals surface area contributed by atoms with Crippen LogP contribution in [0.25, 0.3) is 11.2 Å². The number of nitrogen functional groups attached to an aromatic ring is 1. The number of fused-ring (bicyclic) bond motifs is 1. The molecule has 0 aliphatic heterocycles. The van der Waals surface area contributed by atoms with E-state index in [1.807, 2.05) is 0 Å². The lowest BCUT2D eigenvalue weighted by Crippen LogP contribution is -2.51. The number of hydrogen-bond acceptors (Lipinski definition) is 17. The van der Waals surface area contributed by atoms with Crippen LogP contribution in [-0.4, -0.2) is 144 Å². The molecular formula is C37H50N14O15. The average Bonchev–Trinajstić information content (AvgIpc) is 3.22. The molecule has 66 heavy (non-hydrogen) atoms. The van der Waals surface area contributed by atoms with Crippen molar-refractivity contribution in [1.29, 1.82) is 0 Å². The van der Waals surface area contributed by atoms with E-state index in [9.17, 15) is 48.3 Å². The smallest absolute Gasteiger partial charge is 0.326 e. The van der Waals surface area contributed by atoms with Crippen molar-refractivity contribution in [2.45, 2.75) is 70.6 Å². The molecule has 0 aliphatic carbocycles. The van der Waals surface area contributed by atoms with Gasteiger partial charge in [0, 0.05) is 38.1 Å². The maximum Gasteiger partial charge on any atom is 0.326 e. The predicted molar refractivity (Wildman–Crippen MR) is 229 cm³/mol. The highest BCUT2D eigenvalue weighted by molar-refractivity contribution is 5.97. The van der Waals surface area contributed by atoms with Crippen molar-refractivity contribution in [3.63, 3.8) is 0 Å². The van der Waals surface area contributed by atoms with E-state index in [2.05, 4.69) is 56.8 Å². The number of aromatic nitrogens is 4. The summed E-state index contributed by atoms with van der Waals surface area (Å²) in [6, 6.07) is 1.91. The molecule has 2 heterocycles. The minimum atomic E-state index is -1.48. The third kappa shape index (κ3) is 23.4. The first-order valence-electron chi connectivity index (χ1n) is 19.1. The number of aldehydes is 1. The summed E-state index contributed by atoms with van der Waals surface area (Å²) in [6.45, 7) is 1.12. The molecular weight excluding hydrogens is 880 g/mol. The lowest BCUT2D eigenvalue weighted by molar-refractivity contribution is -0.140. The van der Waals surface area contributed by atoms with Gasteiger partial charge in [0.15, 0.2) is 17.1 Å². The number of aromatic amines is 1. The Labute approximate surface area is 372 Å². The van der Waals surface area contributed by atoms with Gasteiger partial charge >= 0.3 is 11.9 Å². The van der Waals surface area contributed by atoms with E-state index in [1.54, 1.807) is 12.1 Å². The van der Waals surface area contributed by atoms with Gasteiger partial charge in [-0.15, -0.1) is 0 Å². The highest BCUT2D eigenvalue weighted by Gasteiger charge is 2.24. The Balaban J connectivity index is 0.00000251. The summed E-state index contributed by atoms with van der Waals surface area (Å²) in [6.07, 6.45) is 0.385. The van der Waals surface area contributed by atoms with Crippen LogP contribution in [0.2, 0.25) is 0 Å². The van der Waals surface area contributed by atoms with E-state index in [4.69, 9.17) is 42.1 Å². The molecule has 0 aliphatic rings. The maximum atomic E-state index is 12.8. The second kappa shape index (κ2) is 28.7. The number of nitrogens with one attached hydrogen (secondary N) is 7. The summed E-state index contributed by atoms with van der Waals surface area (Å²) >= 11 is 0. The van der Waals surface area contributed by atoms with Crippen LogP contribution < -0.4 is 54.7 Å². The summed E-state index contributed by atoms with van der Waals surface area (Å²) in [5, 5.41) is 47.8. The quantitative estimate of drug-likeness (QED) is 0.0186. The number of carbonyl (C=O) groups excluding carboxylic acids is 6. The molecule has 29 nitrogen and oxygen atoms in total.